The van der Waals surface area contributed by atoms with Crippen LogP contribution in [0.25, 0.3) is 0 Å². The number of hydrogen-bond donors (Lipinski definition) is 4. The number of rotatable bonds is 7. The minimum absolute atomic E-state index is 0.160. The second-order valence-electron chi connectivity index (χ2n) is 3.35. The van der Waals surface area contributed by atoms with Crippen molar-refractivity contribution >= 4 is 17.8 Å². The van der Waals surface area contributed by atoms with Crippen LogP contribution < -0.4 is 11.1 Å². The van der Waals surface area contributed by atoms with E-state index < -0.39 is 29.9 Å². The SMILES string of the molecule is CC[C@H](N)C(=O)N[C@@H](CCC(=O)O)C(=O)O. The van der Waals surface area contributed by atoms with Crippen LogP contribution in [0, 0.1) is 0 Å². The zero-order valence-electron chi connectivity index (χ0n) is 8.97. The van der Waals surface area contributed by atoms with Gasteiger partial charge in [0.25, 0.3) is 0 Å². The summed E-state index contributed by atoms with van der Waals surface area (Å²) in [6.45, 7) is 1.69. The quantitative estimate of drug-likeness (QED) is 0.452. The number of amides is 1. The van der Waals surface area contributed by atoms with Crippen molar-refractivity contribution in [1.29, 1.82) is 0 Å². The van der Waals surface area contributed by atoms with Gasteiger partial charge >= 0.3 is 11.9 Å². The van der Waals surface area contributed by atoms with Gasteiger partial charge in [0.2, 0.25) is 5.91 Å². The van der Waals surface area contributed by atoms with Gasteiger partial charge in [-0.3, -0.25) is 9.59 Å². The first kappa shape index (κ1) is 14.4. The number of carbonyl (C=O) groups is 3. The third-order valence-electron chi connectivity index (χ3n) is 2.04. The molecule has 0 aromatic carbocycles. The Kier molecular flexibility index (Phi) is 6.09. The number of carboxylic acid groups (broad SMARTS) is 2. The highest BCUT2D eigenvalue weighted by atomic mass is 16.4. The lowest BCUT2D eigenvalue weighted by Crippen LogP contribution is -2.48. The molecule has 7 nitrogen and oxygen atoms in total. The van der Waals surface area contributed by atoms with Crippen molar-refractivity contribution in [2.75, 3.05) is 0 Å². The normalized spacial score (nSPS) is 13.9. The second-order valence-corrected chi connectivity index (χ2v) is 3.35. The molecule has 0 saturated heterocycles. The molecule has 16 heavy (non-hydrogen) atoms. The molecule has 0 heterocycles. The lowest BCUT2D eigenvalue weighted by Gasteiger charge is -2.16. The van der Waals surface area contributed by atoms with Gasteiger partial charge in [-0.2, -0.15) is 0 Å². The first-order chi connectivity index (χ1) is 7.38. The van der Waals surface area contributed by atoms with Crippen LogP contribution in [0.2, 0.25) is 0 Å². The summed E-state index contributed by atoms with van der Waals surface area (Å²) in [6, 6.07) is -1.98. The Bertz CT molecular complexity index is 279. The highest BCUT2D eigenvalue weighted by Gasteiger charge is 2.22. The van der Waals surface area contributed by atoms with Crippen molar-refractivity contribution in [1.82, 2.24) is 5.32 Å². The van der Waals surface area contributed by atoms with E-state index in [9.17, 15) is 14.4 Å². The van der Waals surface area contributed by atoms with Crippen molar-refractivity contribution in [3.8, 4) is 0 Å². The van der Waals surface area contributed by atoms with Gasteiger partial charge in [0.15, 0.2) is 0 Å². The van der Waals surface area contributed by atoms with E-state index in [4.69, 9.17) is 15.9 Å². The van der Waals surface area contributed by atoms with Gasteiger partial charge < -0.3 is 21.3 Å². The Labute approximate surface area is 92.6 Å². The first-order valence-corrected chi connectivity index (χ1v) is 4.89. The Morgan fingerprint density at radius 1 is 1.31 bits per heavy atom. The fourth-order valence-corrected chi connectivity index (χ4v) is 0.989. The summed E-state index contributed by atoms with van der Waals surface area (Å²) in [4.78, 5) is 32.3. The lowest BCUT2D eigenvalue weighted by atomic mass is 10.1. The van der Waals surface area contributed by atoms with Crippen LogP contribution >= 0.6 is 0 Å². The predicted molar refractivity (Wildman–Crippen MR) is 54.7 cm³/mol. The summed E-state index contributed by atoms with van der Waals surface area (Å²) < 4.78 is 0. The van der Waals surface area contributed by atoms with Gasteiger partial charge in [-0.15, -0.1) is 0 Å². The zero-order valence-corrected chi connectivity index (χ0v) is 8.97. The molecule has 0 aromatic heterocycles. The molecule has 5 N–H and O–H groups in total. The Morgan fingerprint density at radius 2 is 1.88 bits per heavy atom. The van der Waals surface area contributed by atoms with Crippen LogP contribution in [0.15, 0.2) is 0 Å². The van der Waals surface area contributed by atoms with Crippen molar-refractivity contribution < 1.29 is 24.6 Å². The number of nitrogens with one attached hydrogen (secondary N) is 1. The number of carbonyl (C=O) groups excluding carboxylic acids is 1. The summed E-state index contributed by atoms with van der Waals surface area (Å²) in [5, 5.41) is 19.3. The number of nitrogens with two attached hydrogens (primary N) is 1. The average Bonchev–Trinajstić information content (AvgIpc) is 2.21. The fraction of sp³-hybridized carbons (Fsp3) is 0.667. The molecule has 0 radical (unpaired) electrons. The molecule has 0 aliphatic rings. The highest BCUT2D eigenvalue weighted by molar-refractivity contribution is 5.86. The predicted octanol–water partition coefficient (Wildman–Crippen LogP) is -0.842. The lowest BCUT2D eigenvalue weighted by molar-refractivity contribution is -0.143. The fourth-order valence-electron chi connectivity index (χ4n) is 0.989. The van der Waals surface area contributed by atoms with E-state index in [1.165, 1.54) is 0 Å². The van der Waals surface area contributed by atoms with Crippen LogP contribution in [0.1, 0.15) is 26.2 Å². The van der Waals surface area contributed by atoms with E-state index in [-0.39, 0.29) is 12.8 Å². The van der Waals surface area contributed by atoms with Crippen molar-refractivity contribution in [2.45, 2.75) is 38.3 Å². The van der Waals surface area contributed by atoms with Crippen LogP contribution in [0.5, 0.6) is 0 Å². The maximum atomic E-state index is 11.3. The number of hydrogen-bond acceptors (Lipinski definition) is 4. The smallest absolute Gasteiger partial charge is 0.326 e. The molecule has 1 amide bonds. The summed E-state index contributed by atoms with van der Waals surface area (Å²) in [6.07, 6.45) is -0.0947. The minimum atomic E-state index is -1.27. The van der Waals surface area contributed by atoms with Crippen LogP contribution in [-0.4, -0.2) is 40.1 Å². The molecule has 0 aliphatic heterocycles. The molecule has 7 heteroatoms. The van der Waals surface area contributed by atoms with Crippen LogP contribution in [0.3, 0.4) is 0 Å². The van der Waals surface area contributed by atoms with Crippen molar-refractivity contribution in [3.63, 3.8) is 0 Å². The van der Waals surface area contributed by atoms with Crippen LogP contribution in [-0.2, 0) is 14.4 Å². The maximum absolute atomic E-state index is 11.3. The third kappa shape index (κ3) is 5.30. The second kappa shape index (κ2) is 6.78. The molecule has 0 rings (SSSR count). The van der Waals surface area contributed by atoms with Crippen LogP contribution in [0.4, 0.5) is 0 Å². The van der Waals surface area contributed by atoms with Gasteiger partial charge in [-0.05, 0) is 12.8 Å². The molecule has 0 unspecified atom stereocenters. The summed E-state index contributed by atoms with van der Waals surface area (Å²) in [5.74, 6) is -2.96. The van der Waals surface area contributed by atoms with Gasteiger partial charge in [0, 0.05) is 6.42 Å². The van der Waals surface area contributed by atoms with Gasteiger partial charge in [0.1, 0.15) is 6.04 Å². The standard InChI is InChI=1S/C9H16N2O5/c1-2-5(10)8(14)11-6(9(15)16)3-4-7(12)13/h5-6H,2-4,10H2,1H3,(H,11,14)(H,12,13)(H,15,16)/t5-,6-/m0/s1. The Morgan fingerprint density at radius 3 is 2.25 bits per heavy atom. The largest absolute Gasteiger partial charge is 0.481 e. The average molecular weight is 232 g/mol. The summed E-state index contributed by atoms with van der Waals surface area (Å²) in [5.41, 5.74) is 5.40. The van der Waals surface area contributed by atoms with E-state index in [0.717, 1.165) is 0 Å². The molecule has 0 fully saturated rings. The molecule has 0 aliphatic carbocycles. The van der Waals surface area contributed by atoms with Gasteiger partial charge in [-0.25, -0.2) is 4.79 Å². The van der Waals surface area contributed by atoms with Gasteiger partial charge in [0.05, 0.1) is 6.04 Å². The first-order valence-electron chi connectivity index (χ1n) is 4.89. The van der Waals surface area contributed by atoms with E-state index in [2.05, 4.69) is 5.32 Å². The van der Waals surface area contributed by atoms with Gasteiger partial charge in [-0.1, -0.05) is 6.92 Å². The zero-order chi connectivity index (χ0) is 12.7. The molecule has 2 atom stereocenters. The maximum Gasteiger partial charge on any atom is 0.326 e. The van der Waals surface area contributed by atoms with E-state index in [1.54, 1.807) is 6.92 Å². The third-order valence-corrected chi connectivity index (χ3v) is 2.04. The molecular weight excluding hydrogens is 216 g/mol. The van der Waals surface area contributed by atoms with Crippen molar-refractivity contribution in [3.05, 3.63) is 0 Å². The molecule has 0 spiro atoms. The topological polar surface area (TPSA) is 130 Å². The van der Waals surface area contributed by atoms with E-state index in [1.807, 2.05) is 0 Å². The monoisotopic (exact) mass is 232 g/mol. The summed E-state index contributed by atoms with van der Waals surface area (Å²) in [7, 11) is 0. The summed E-state index contributed by atoms with van der Waals surface area (Å²) >= 11 is 0. The number of aliphatic carboxylic acids is 2. The molecule has 0 aromatic rings. The minimum Gasteiger partial charge on any atom is -0.481 e. The van der Waals surface area contributed by atoms with E-state index >= 15 is 0 Å². The van der Waals surface area contributed by atoms with E-state index in [0.29, 0.717) is 6.42 Å². The Balaban J connectivity index is 4.28. The van der Waals surface area contributed by atoms with Crippen molar-refractivity contribution in [2.24, 2.45) is 5.73 Å². The number of carboxylic acids is 2. The Hall–Kier alpha value is -1.63. The molecule has 0 bridgehead atoms. The molecule has 92 valence electrons. The molecular formula is C9H16N2O5. The highest BCUT2D eigenvalue weighted by Crippen LogP contribution is 1.99. The molecule has 0 saturated carbocycles.